The molecular formula is C29H29N5O4. The molecule has 3 heterocycles. The van der Waals surface area contributed by atoms with Crippen LogP contribution >= 0.6 is 0 Å². The summed E-state index contributed by atoms with van der Waals surface area (Å²) < 4.78 is 10.7. The van der Waals surface area contributed by atoms with Crippen LogP contribution in [0.25, 0.3) is 33.4 Å². The van der Waals surface area contributed by atoms with Gasteiger partial charge >= 0.3 is 5.69 Å². The van der Waals surface area contributed by atoms with Crippen LogP contribution in [0, 0.1) is 16.0 Å². The first-order valence-electron chi connectivity index (χ1n) is 12.1. The molecule has 2 aromatic carbocycles. The molecule has 0 aliphatic heterocycles. The second kappa shape index (κ2) is 12.1. The van der Waals surface area contributed by atoms with Crippen molar-refractivity contribution in [1.82, 2.24) is 15.0 Å². The number of oxazole rings is 1. The summed E-state index contributed by atoms with van der Waals surface area (Å²) in [4.78, 5) is 22.9. The molecule has 9 nitrogen and oxygen atoms in total. The van der Waals surface area contributed by atoms with Crippen molar-refractivity contribution >= 4 is 16.8 Å². The van der Waals surface area contributed by atoms with Gasteiger partial charge in [0, 0.05) is 30.9 Å². The van der Waals surface area contributed by atoms with Crippen LogP contribution in [0.2, 0.25) is 0 Å². The standard InChI is InChI=1S/C17H19N3O.C12H10N2O3/c1-11(2)9-14(18)17-20-15-10-13(3-4-16(15)21-17)12-5-7-19-8-6-12;1-17-12-3-2-10(8-11(12)14(15)16)9-4-6-13-7-5-9/h3-8,10-11,14H,9,18H2,1-2H3;2-8H,1H3. The topological polar surface area (TPSA) is 130 Å². The number of ether oxygens (including phenoxy) is 1. The van der Waals surface area contributed by atoms with E-state index in [9.17, 15) is 10.1 Å². The lowest BCUT2D eigenvalue weighted by Crippen LogP contribution is -2.13. The van der Waals surface area contributed by atoms with Gasteiger partial charge in [0.2, 0.25) is 5.89 Å². The first-order chi connectivity index (χ1) is 18.4. The number of nitro groups is 1. The zero-order valence-corrected chi connectivity index (χ0v) is 21.4. The van der Waals surface area contributed by atoms with Crippen molar-refractivity contribution in [2.24, 2.45) is 11.7 Å². The molecule has 0 radical (unpaired) electrons. The van der Waals surface area contributed by atoms with Gasteiger partial charge in [-0.1, -0.05) is 26.0 Å². The highest BCUT2D eigenvalue weighted by Crippen LogP contribution is 2.32. The summed E-state index contributed by atoms with van der Waals surface area (Å²) >= 11 is 0. The minimum absolute atomic E-state index is 0.0400. The second-order valence-corrected chi connectivity index (χ2v) is 9.09. The molecule has 1 atom stereocenters. The SMILES string of the molecule is CC(C)CC(N)c1nc2cc(-c3ccncc3)ccc2o1.COc1ccc(-c2ccncc2)cc1[N+](=O)[O-]. The van der Waals surface area contributed by atoms with E-state index in [2.05, 4.69) is 28.8 Å². The summed E-state index contributed by atoms with van der Waals surface area (Å²) in [5, 5.41) is 10.9. The van der Waals surface area contributed by atoms with Crippen molar-refractivity contribution in [3.8, 4) is 28.0 Å². The molecule has 0 amide bonds. The predicted octanol–water partition coefficient (Wildman–Crippen LogP) is 6.60. The van der Waals surface area contributed by atoms with E-state index < -0.39 is 4.92 Å². The van der Waals surface area contributed by atoms with Crippen LogP contribution in [0.15, 0.2) is 89.9 Å². The van der Waals surface area contributed by atoms with Crippen LogP contribution in [-0.4, -0.2) is 27.0 Å². The van der Waals surface area contributed by atoms with Gasteiger partial charge in [-0.15, -0.1) is 0 Å². The average molecular weight is 512 g/mol. The zero-order valence-electron chi connectivity index (χ0n) is 21.4. The molecule has 3 aromatic heterocycles. The molecule has 194 valence electrons. The third-order valence-electron chi connectivity index (χ3n) is 5.85. The Morgan fingerprint density at radius 2 is 1.47 bits per heavy atom. The Hall–Kier alpha value is -4.63. The number of hydrogen-bond acceptors (Lipinski definition) is 8. The Morgan fingerprint density at radius 3 is 2.03 bits per heavy atom. The fraction of sp³-hybridized carbons (Fsp3) is 0.207. The van der Waals surface area contributed by atoms with Gasteiger partial charge in [-0.3, -0.25) is 20.1 Å². The fourth-order valence-corrected chi connectivity index (χ4v) is 3.99. The first-order valence-corrected chi connectivity index (χ1v) is 12.1. The minimum Gasteiger partial charge on any atom is -0.490 e. The molecular weight excluding hydrogens is 482 g/mol. The fourth-order valence-electron chi connectivity index (χ4n) is 3.99. The Bertz CT molecular complexity index is 1500. The van der Waals surface area contributed by atoms with Crippen molar-refractivity contribution < 1.29 is 14.1 Å². The maximum atomic E-state index is 10.9. The summed E-state index contributed by atoms with van der Waals surface area (Å²) in [6.45, 7) is 4.29. The third-order valence-corrected chi connectivity index (χ3v) is 5.85. The van der Waals surface area contributed by atoms with Crippen LogP contribution in [-0.2, 0) is 0 Å². The first kappa shape index (κ1) is 26.4. The Balaban J connectivity index is 0.000000181. The van der Waals surface area contributed by atoms with Gasteiger partial charge in [0.25, 0.3) is 0 Å². The van der Waals surface area contributed by atoms with E-state index in [-0.39, 0.29) is 17.5 Å². The molecule has 9 heteroatoms. The smallest absolute Gasteiger partial charge is 0.311 e. The number of rotatable bonds is 7. The van der Waals surface area contributed by atoms with Crippen LogP contribution in [0.3, 0.4) is 0 Å². The van der Waals surface area contributed by atoms with Gasteiger partial charge in [0.1, 0.15) is 5.52 Å². The summed E-state index contributed by atoms with van der Waals surface area (Å²) in [7, 11) is 1.41. The summed E-state index contributed by atoms with van der Waals surface area (Å²) in [6.07, 6.45) is 7.72. The van der Waals surface area contributed by atoms with Crippen molar-refractivity contribution in [2.45, 2.75) is 26.3 Å². The lowest BCUT2D eigenvalue weighted by molar-refractivity contribution is -0.385. The van der Waals surface area contributed by atoms with Crippen LogP contribution < -0.4 is 10.5 Å². The molecule has 1 unspecified atom stereocenters. The lowest BCUT2D eigenvalue weighted by atomic mass is 10.0. The van der Waals surface area contributed by atoms with Crippen LogP contribution in [0.5, 0.6) is 5.75 Å². The molecule has 0 aliphatic rings. The molecule has 0 saturated carbocycles. The number of hydrogen-bond donors (Lipinski definition) is 1. The van der Waals surface area contributed by atoms with Gasteiger partial charge in [0.15, 0.2) is 11.3 Å². The highest BCUT2D eigenvalue weighted by atomic mass is 16.6. The summed E-state index contributed by atoms with van der Waals surface area (Å²) in [5.74, 6) is 1.39. The Kier molecular flexibility index (Phi) is 8.40. The highest BCUT2D eigenvalue weighted by Gasteiger charge is 2.16. The molecule has 38 heavy (non-hydrogen) atoms. The maximum absolute atomic E-state index is 10.9. The largest absolute Gasteiger partial charge is 0.490 e. The summed E-state index contributed by atoms with van der Waals surface area (Å²) in [5.41, 5.74) is 11.6. The zero-order chi connectivity index (χ0) is 27.1. The van der Waals surface area contributed by atoms with Gasteiger partial charge in [0.05, 0.1) is 18.1 Å². The molecule has 0 saturated heterocycles. The number of nitro benzene ring substituents is 1. The van der Waals surface area contributed by atoms with Crippen LogP contribution in [0.4, 0.5) is 5.69 Å². The normalized spacial score (nSPS) is 11.6. The van der Waals surface area contributed by atoms with E-state index in [0.29, 0.717) is 11.8 Å². The van der Waals surface area contributed by atoms with E-state index in [1.807, 2.05) is 30.3 Å². The van der Waals surface area contributed by atoms with E-state index in [1.54, 1.807) is 49.1 Å². The lowest BCUT2D eigenvalue weighted by Gasteiger charge is -2.09. The quantitative estimate of drug-likeness (QED) is 0.191. The molecule has 0 spiro atoms. The number of benzene rings is 2. The molecule has 0 fully saturated rings. The minimum atomic E-state index is -0.455. The number of nitrogens with two attached hydrogens (primary N) is 1. The molecule has 0 aliphatic carbocycles. The van der Waals surface area contributed by atoms with Crippen molar-refractivity contribution in [2.75, 3.05) is 7.11 Å². The summed E-state index contributed by atoms with van der Waals surface area (Å²) in [6, 6.07) is 18.3. The molecule has 2 N–H and O–H groups in total. The van der Waals surface area contributed by atoms with Gasteiger partial charge < -0.3 is 14.9 Å². The van der Waals surface area contributed by atoms with E-state index in [4.69, 9.17) is 14.9 Å². The highest BCUT2D eigenvalue weighted by molar-refractivity contribution is 5.80. The molecule has 5 rings (SSSR count). The molecule has 0 bridgehead atoms. The Morgan fingerprint density at radius 1 is 0.895 bits per heavy atom. The average Bonchev–Trinajstić information content (AvgIpc) is 3.37. The third kappa shape index (κ3) is 6.37. The van der Waals surface area contributed by atoms with Crippen LogP contribution in [0.1, 0.15) is 32.2 Å². The second-order valence-electron chi connectivity index (χ2n) is 9.09. The number of aromatic nitrogens is 3. The maximum Gasteiger partial charge on any atom is 0.311 e. The van der Waals surface area contributed by atoms with E-state index >= 15 is 0 Å². The van der Waals surface area contributed by atoms with Gasteiger partial charge in [-0.05, 0) is 77.1 Å². The van der Waals surface area contributed by atoms with Gasteiger partial charge in [-0.25, -0.2) is 4.98 Å². The number of nitrogens with zero attached hydrogens (tertiary/aromatic N) is 4. The van der Waals surface area contributed by atoms with Gasteiger partial charge in [-0.2, -0.15) is 0 Å². The number of methoxy groups -OCH3 is 1. The van der Waals surface area contributed by atoms with Crippen molar-refractivity contribution in [3.05, 3.63) is 101 Å². The van der Waals surface area contributed by atoms with E-state index in [0.717, 1.165) is 39.8 Å². The van der Waals surface area contributed by atoms with Crippen molar-refractivity contribution in [3.63, 3.8) is 0 Å². The number of fused-ring (bicyclic) bond motifs is 1. The predicted molar refractivity (Wildman–Crippen MR) is 147 cm³/mol. The van der Waals surface area contributed by atoms with E-state index in [1.165, 1.54) is 13.2 Å². The van der Waals surface area contributed by atoms with Crippen molar-refractivity contribution in [1.29, 1.82) is 0 Å². The Labute approximate surface area is 220 Å². The molecule has 5 aromatic rings. The monoisotopic (exact) mass is 511 g/mol. The number of pyridine rings is 2.